The Morgan fingerprint density at radius 3 is 2.44 bits per heavy atom. The lowest BCUT2D eigenvalue weighted by Crippen LogP contribution is -2.37. The number of nitrogens with zero attached hydrogens (tertiary/aromatic N) is 3. The van der Waals surface area contributed by atoms with Crippen LogP contribution in [-0.4, -0.2) is 20.7 Å². The Labute approximate surface area is 110 Å². The monoisotopic (exact) mass is 321 g/mol. The number of rotatable bonds is 1. The van der Waals surface area contributed by atoms with Gasteiger partial charge in [-0.15, -0.1) is 0 Å². The second-order valence-corrected chi connectivity index (χ2v) is 5.43. The number of hydrogen-bond acceptors (Lipinski definition) is 2. The fraction of sp³-hybridized carbons (Fsp3) is 0.455. The molecule has 0 aliphatic rings. The minimum Gasteiger partial charge on any atom is -0.330 e. The molecule has 18 heavy (non-hydrogen) atoms. The van der Waals surface area contributed by atoms with Crippen LogP contribution in [0.5, 0.6) is 0 Å². The molecule has 0 bridgehead atoms. The topological polar surface area (TPSA) is 30.7 Å². The van der Waals surface area contributed by atoms with E-state index in [1.807, 2.05) is 0 Å². The van der Waals surface area contributed by atoms with E-state index in [4.69, 9.17) is 0 Å². The van der Waals surface area contributed by atoms with Crippen molar-refractivity contribution in [2.75, 3.05) is 0 Å². The Balaban J connectivity index is 2.70. The lowest BCUT2D eigenvalue weighted by atomic mass is 9.88. The highest BCUT2D eigenvalue weighted by molar-refractivity contribution is 9.10. The molecule has 0 N–H and O–H groups in total. The number of alkyl halides is 3. The highest BCUT2D eigenvalue weighted by atomic mass is 79.9. The minimum atomic E-state index is -4.33. The van der Waals surface area contributed by atoms with Crippen molar-refractivity contribution in [1.29, 1.82) is 0 Å². The van der Waals surface area contributed by atoms with Crippen molar-refractivity contribution in [3.05, 3.63) is 22.6 Å². The molecule has 0 amide bonds. The van der Waals surface area contributed by atoms with Gasteiger partial charge in [-0.2, -0.15) is 13.2 Å². The fourth-order valence-electron chi connectivity index (χ4n) is 1.80. The molecule has 0 unspecified atom stereocenters. The molecule has 0 atom stereocenters. The molecular formula is C11H11BrF3N3. The van der Waals surface area contributed by atoms with Crippen LogP contribution >= 0.6 is 15.9 Å². The maximum Gasteiger partial charge on any atom is 0.399 e. The van der Waals surface area contributed by atoms with Crippen LogP contribution in [-0.2, 0) is 12.5 Å². The van der Waals surface area contributed by atoms with Crippen molar-refractivity contribution in [1.82, 2.24) is 14.5 Å². The van der Waals surface area contributed by atoms with Gasteiger partial charge in [0, 0.05) is 12.7 Å². The summed E-state index contributed by atoms with van der Waals surface area (Å²) in [6.45, 7) is 2.30. The van der Waals surface area contributed by atoms with E-state index in [9.17, 15) is 13.2 Å². The van der Waals surface area contributed by atoms with Gasteiger partial charge < -0.3 is 4.57 Å². The number of aryl methyl sites for hydroxylation is 1. The molecule has 98 valence electrons. The molecule has 3 nitrogen and oxygen atoms in total. The number of aromatic nitrogens is 3. The first-order valence-electron chi connectivity index (χ1n) is 5.20. The van der Waals surface area contributed by atoms with Crippen molar-refractivity contribution in [2.45, 2.75) is 25.4 Å². The van der Waals surface area contributed by atoms with Crippen LogP contribution in [0.4, 0.5) is 13.2 Å². The molecule has 0 aliphatic heterocycles. The lowest BCUT2D eigenvalue weighted by molar-refractivity contribution is -0.181. The first-order chi connectivity index (χ1) is 8.14. The summed E-state index contributed by atoms with van der Waals surface area (Å²) < 4.78 is 41.1. The van der Waals surface area contributed by atoms with Crippen LogP contribution in [0.3, 0.4) is 0 Å². The Morgan fingerprint density at radius 1 is 1.28 bits per heavy atom. The lowest BCUT2D eigenvalue weighted by Gasteiger charge is -2.28. The van der Waals surface area contributed by atoms with Gasteiger partial charge in [0.1, 0.15) is 15.5 Å². The van der Waals surface area contributed by atoms with Gasteiger partial charge >= 0.3 is 6.18 Å². The van der Waals surface area contributed by atoms with Gasteiger partial charge in [0.15, 0.2) is 5.65 Å². The average Bonchev–Trinajstić information content (AvgIpc) is 2.55. The molecule has 0 fully saturated rings. The van der Waals surface area contributed by atoms with Crippen LogP contribution in [0, 0.1) is 0 Å². The summed E-state index contributed by atoms with van der Waals surface area (Å²) in [5.74, 6) is 0. The average molecular weight is 322 g/mol. The summed E-state index contributed by atoms with van der Waals surface area (Å²) >= 11 is 3.16. The predicted molar refractivity (Wildman–Crippen MR) is 65.3 cm³/mol. The van der Waals surface area contributed by atoms with E-state index in [2.05, 4.69) is 25.9 Å². The van der Waals surface area contributed by atoms with Crippen LogP contribution in [0.15, 0.2) is 16.9 Å². The van der Waals surface area contributed by atoms with Crippen LogP contribution in [0.1, 0.15) is 19.5 Å². The normalized spacial score (nSPS) is 13.3. The zero-order valence-corrected chi connectivity index (χ0v) is 11.6. The molecule has 2 rings (SSSR count). The SMILES string of the molecule is Cn1c(C(C)(C)C(F)(F)F)cc2ncc(Br)nc21. The van der Waals surface area contributed by atoms with Crippen LogP contribution in [0.2, 0.25) is 0 Å². The molecule has 0 saturated heterocycles. The summed E-state index contributed by atoms with van der Waals surface area (Å²) in [5, 5.41) is 0. The Hall–Kier alpha value is -1.11. The third-order valence-electron chi connectivity index (χ3n) is 3.05. The summed E-state index contributed by atoms with van der Waals surface area (Å²) in [5.41, 5.74) is -0.927. The largest absolute Gasteiger partial charge is 0.399 e. The third-order valence-corrected chi connectivity index (χ3v) is 3.44. The standard InChI is InChI=1S/C11H11BrF3N3/c1-10(2,11(13,14)15)7-4-6-9(18(7)3)17-8(12)5-16-6/h4-5H,1-3H3. The first-order valence-corrected chi connectivity index (χ1v) is 5.99. The fourth-order valence-corrected chi connectivity index (χ4v) is 2.07. The Bertz CT molecular complexity index is 601. The maximum absolute atomic E-state index is 13.0. The quantitative estimate of drug-likeness (QED) is 0.804. The molecule has 2 aromatic heterocycles. The predicted octanol–water partition coefficient (Wildman–Crippen LogP) is 3.57. The molecule has 0 spiro atoms. The van der Waals surface area contributed by atoms with Crippen LogP contribution in [0.25, 0.3) is 11.2 Å². The van der Waals surface area contributed by atoms with Crippen molar-refractivity contribution in [2.24, 2.45) is 7.05 Å². The molecule has 2 heterocycles. The van der Waals surface area contributed by atoms with Gasteiger partial charge in [-0.1, -0.05) is 0 Å². The highest BCUT2D eigenvalue weighted by Crippen LogP contribution is 2.41. The van der Waals surface area contributed by atoms with Gasteiger partial charge in [0.2, 0.25) is 0 Å². The molecule has 0 aromatic carbocycles. The Kier molecular flexibility index (Phi) is 2.92. The Morgan fingerprint density at radius 2 is 1.89 bits per heavy atom. The number of fused-ring (bicyclic) bond motifs is 1. The van der Waals surface area contributed by atoms with Gasteiger partial charge in [-0.05, 0) is 35.8 Å². The van der Waals surface area contributed by atoms with Crippen LogP contribution < -0.4 is 0 Å². The van der Waals surface area contributed by atoms with Crippen molar-refractivity contribution in [3.63, 3.8) is 0 Å². The van der Waals surface area contributed by atoms with E-state index < -0.39 is 11.6 Å². The van der Waals surface area contributed by atoms with Gasteiger partial charge in [0.05, 0.1) is 6.20 Å². The first kappa shape index (κ1) is 13.3. The zero-order chi connectivity index (χ0) is 13.7. The maximum atomic E-state index is 13.0. The number of hydrogen-bond donors (Lipinski definition) is 0. The van der Waals surface area contributed by atoms with Crippen molar-refractivity contribution >= 4 is 27.1 Å². The molecular weight excluding hydrogens is 311 g/mol. The second-order valence-electron chi connectivity index (χ2n) is 4.61. The molecule has 7 heteroatoms. The molecule has 0 aliphatic carbocycles. The zero-order valence-electron chi connectivity index (χ0n) is 10.0. The summed E-state index contributed by atoms with van der Waals surface area (Å²) in [6.07, 6.45) is -2.86. The van der Waals surface area contributed by atoms with E-state index in [1.54, 1.807) is 7.05 Å². The van der Waals surface area contributed by atoms with Gasteiger partial charge in [0.25, 0.3) is 0 Å². The minimum absolute atomic E-state index is 0.142. The van der Waals surface area contributed by atoms with Gasteiger partial charge in [-0.25, -0.2) is 4.98 Å². The highest BCUT2D eigenvalue weighted by Gasteiger charge is 2.50. The molecule has 0 saturated carbocycles. The smallest absolute Gasteiger partial charge is 0.330 e. The van der Waals surface area contributed by atoms with E-state index in [1.165, 1.54) is 16.8 Å². The summed E-state index contributed by atoms with van der Waals surface area (Å²) in [4.78, 5) is 8.20. The summed E-state index contributed by atoms with van der Waals surface area (Å²) in [6, 6.07) is 1.43. The third kappa shape index (κ3) is 1.90. The van der Waals surface area contributed by atoms with E-state index in [0.717, 1.165) is 13.8 Å². The van der Waals surface area contributed by atoms with Gasteiger partial charge in [-0.3, -0.25) is 4.98 Å². The van der Waals surface area contributed by atoms with E-state index in [0.29, 0.717) is 15.8 Å². The van der Waals surface area contributed by atoms with E-state index >= 15 is 0 Å². The van der Waals surface area contributed by atoms with Crippen molar-refractivity contribution in [3.8, 4) is 0 Å². The second kappa shape index (κ2) is 3.94. The number of halogens is 4. The molecule has 2 aromatic rings. The van der Waals surface area contributed by atoms with E-state index in [-0.39, 0.29) is 5.69 Å². The summed E-state index contributed by atoms with van der Waals surface area (Å²) in [7, 11) is 1.56. The van der Waals surface area contributed by atoms with Crippen molar-refractivity contribution < 1.29 is 13.2 Å². The molecule has 0 radical (unpaired) electrons.